The summed E-state index contributed by atoms with van der Waals surface area (Å²) in [5.41, 5.74) is 6.12. The van der Waals surface area contributed by atoms with Gasteiger partial charge in [0.05, 0.1) is 0 Å². The van der Waals surface area contributed by atoms with Crippen LogP contribution in [0.3, 0.4) is 0 Å². The summed E-state index contributed by atoms with van der Waals surface area (Å²) < 4.78 is 0. The smallest absolute Gasteiger partial charge is 0.0304 e. The molecule has 2 heteroatoms. The minimum Gasteiger partial charge on any atom is -0.271 e. The van der Waals surface area contributed by atoms with Crippen molar-refractivity contribution in [3.8, 4) is 0 Å². The Balaban J connectivity index is 2.06. The fraction of sp³-hybridized carbons (Fsp3) is 0.600. The molecule has 17 heavy (non-hydrogen) atoms. The van der Waals surface area contributed by atoms with E-state index in [4.69, 9.17) is 5.84 Å². The topological polar surface area (TPSA) is 38.0 Å². The molecule has 0 heterocycles. The Morgan fingerprint density at radius 2 is 1.82 bits per heavy atom. The monoisotopic (exact) mass is 232 g/mol. The van der Waals surface area contributed by atoms with Gasteiger partial charge in [0.25, 0.3) is 0 Å². The molecule has 3 N–H and O–H groups in total. The van der Waals surface area contributed by atoms with Gasteiger partial charge in [0.1, 0.15) is 0 Å². The van der Waals surface area contributed by atoms with Gasteiger partial charge in [0.2, 0.25) is 0 Å². The highest BCUT2D eigenvalue weighted by atomic mass is 15.2. The van der Waals surface area contributed by atoms with E-state index in [1.807, 2.05) is 0 Å². The van der Waals surface area contributed by atoms with E-state index in [0.29, 0.717) is 11.5 Å². The molecule has 1 aliphatic rings. The maximum atomic E-state index is 5.77. The summed E-state index contributed by atoms with van der Waals surface area (Å²) in [5, 5.41) is 0. The molecule has 1 fully saturated rings. The molecule has 0 spiro atoms. The molecule has 0 bridgehead atoms. The molecule has 2 nitrogen and oxygen atoms in total. The molecule has 2 rings (SSSR count). The molecule has 0 aliphatic heterocycles. The molecule has 1 saturated carbocycles. The summed E-state index contributed by atoms with van der Waals surface area (Å²) >= 11 is 0. The van der Waals surface area contributed by atoms with Crippen molar-refractivity contribution in [1.29, 1.82) is 0 Å². The second kappa shape index (κ2) is 5.19. The van der Waals surface area contributed by atoms with Crippen LogP contribution in [0.1, 0.15) is 43.7 Å². The van der Waals surface area contributed by atoms with Gasteiger partial charge in [-0.15, -0.1) is 0 Å². The first-order chi connectivity index (χ1) is 8.14. The summed E-state index contributed by atoms with van der Waals surface area (Å²) in [6.07, 6.45) is 6.33. The highest BCUT2D eigenvalue weighted by Gasteiger charge is 2.36. The van der Waals surface area contributed by atoms with Gasteiger partial charge in [-0.2, -0.15) is 0 Å². The lowest BCUT2D eigenvalue weighted by molar-refractivity contribution is 0.221. The van der Waals surface area contributed by atoms with Crippen LogP contribution in [-0.4, -0.2) is 6.04 Å². The van der Waals surface area contributed by atoms with Gasteiger partial charge in [0, 0.05) is 6.04 Å². The first-order valence-corrected chi connectivity index (χ1v) is 6.66. The van der Waals surface area contributed by atoms with Crippen LogP contribution in [0, 0.1) is 12.3 Å². The van der Waals surface area contributed by atoms with E-state index >= 15 is 0 Å². The first-order valence-electron chi connectivity index (χ1n) is 6.66. The molecule has 1 aromatic carbocycles. The van der Waals surface area contributed by atoms with E-state index < -0.39 is 0 Å². The fourth-order valence-electron chi connectivity index (χ4n) is 3.00. The normalized spacial score (nSPS) is 20.4. The van der Waals surface area contributed by atoms with Gasteiger partial charge < -0.3 is 0 Å². The molecule has 0 aromatic heterocycles. The first kappa shape index (κ1) is 12.6. The number of hydrazine groups is 1. The zero-order chi connectivity index (χ0) is 12.3. The van der Waals surface area contributed by atoms with E-state index in [0.717, 1.165) is 6.42 Å². The number of benzene rings is 1. The standard InChI is InChI=1S/C15H24N2/c1-12-5-7-13(8-6-12)11-14(17-16)15(2)9-3-4-10-15/h5-8,14,17H,3-4,9-11,16H2,1-2H3. The van der Waals surface area contributed by atoms with Gasteiger partial charge in [0.15, 0.2) is 0 Å². The van der Waals surface area contributed by atoms with E-state index in [1.54, 1.807) is 0 Å². The summed E-state index contributed by atoms with van der Waals surface area (Å²) in [7, 11) is 0. The number of rotatable bonds is 4. The van der Waals surface area contributed by atoms with E-state index in [1.165, 1.54) is 36.8 Å². The Morgan fingerprint density at radius 3 is 2.35 bits per heavy atom. The molecule has 1 aromatic rings. The van der Waals surface area contributed by atoms with Crippen LogP contribution in [-0.2, 0) is 6.42 Å². The molecular weight excluding hydrogens is 208 g/mol. The summed E-state index contributed by atoms with van der Waals surface area (Å²) in [6, 6.07) is 9.20. The Labute approximate surface area is 105 Å². The molecule has 0 saturated heterocycles. The van der Waals surface area contributed by atoms with Gasteiger partial charge in [-0.25, -0.2) is 0 Å². The molecular formula is C15H24N2. The third-order valence-electron chi connectivity index (χ3n) is 4.35. The third kappa shape index (κ3) is 2.88. The Kier molecular flexibility index (Phi) is 3.85. The zero-order valence-corrected chi connectivity index (χ0v) is 11.0. The highest BCUT2D eigenvalue weighted by molar-refractivity contribution is 5.22. The predicted molar refractivity (Wildman–Crippen MR) is 72.6 cm³/mol. The number of hydrogen-bond acceptors (Lipinski definition) is 2. The van der Waals surface area contributed by atoms with Crippen LogP contribution in [0.15, 0.2) is 24.3 Å². The van der Waals surface area contributed by atoms with Crippen LogP contribution in [0.2, 0.25) is 0 Å². The quantitative estimate of drug-likeness (QED) is 0.619. The van der Waals surface area contributed by atoms with Crippen molar-refractivity contribution < 1.29 is 0 Å². The van der Waals surface area contributed by atoms with Crippen LogP contribution in [0.25, 0.3) is 0 Å². The number of nitrogens with one attached hydrogen (secondary N) is 1. The van der Waals surface area contributed by atoms with Gasteiger partial charge in [-0.3, -0.25) is 11.3 Å². The molecule has 94 valence electrons. The lowest BCUT2D eigenvalue weighted by atomic mass is 9.78. The minimum absolute atomic E-state index is 0.375. The molecule has 1 unspecified atom stereocenters. The second-order valence-corrected chi connectivity index (χ2v) is 5.77. The summed E-state index contributed by atoms with van der Waals surface area (Å²) in [5.74, 6) is 5.77. The number of aryl methyl sites for hydroxylation is 1. The predicted octanol–water partition coefficient (Wildman–Crippen LogP) is 2.95. The lowest BCUT2D eigenvalue weighted by Gasteiger charge is -2.33. The van der Waals surface area contributed by atoms with Crippen LogP contribution < -0.4 is 11.3 Å². The van der Waals surface area contributed by atoms with Crippen LogP contribution in [0.4, 0.5) is 0 Å². The van der Waals surface area contributed by atoms with Crippen molar-refractivity contribution in [3.63, 3.8) is 0 Å². The maximum absolute atomic E-state index is 5.77. The van der Waals surface area contributed by atoms with Gasteiger partial charge in [-0.05, 0) is 37.2 Å². The maximum Gasteiger partial charge on any atom is 0.0304 e. The van der Waals surface area contributed by atoms with Crippen molar-refractivity contribution in [1.82, 2.24) is 5.43 Å². The molecule has 1 aliphatic carbocycles. The van der Waals surface area contributed by atoms with Crippen molar-refractivity contribution >= 4 is 0 Å². The van der Waals surface area contributed by atoms with Crippen molar-refractivity contribution in [3.05, 3.63) is 35.4 Å². The number of hydrogen-bond donors (Lipinski definition) is 2. The molecule has 0 radical (unpaired) electrons. The zero-order valence-electron chi connectivity index (χ0n) is 11.0. The van der Waals surface area contributed by atoms with Crippen LogP contribution in [0.5, 0.6) is 0 Å². The van der Waals surface area contributed by atoms with Crippen molar-refractivity contribution in [2.24, 2.45) is 11.3 Å². The van der Waals surface area contributed by atoms with E-state index in [9.17, 15) is 0 Å². The minimum atomic E-state index is 0.375. The van der Waals surface area contributed by atoms with Gasteiger partial charge >= 0.3 is 0 Å². The Morgan fingerprint density at radius 1 is 1.24 bits per heavy atom. The largest absolute Gasteiger partial charge is 0.271 e. The van der Waals surface area contributed by atoms with E-state index in [-0.39, 0.29) is 0 Å². The summed E-state index contributed by atoms with van der Waals surface area (Å²) in [6.45, 7) is 4.50. The van der Waals surface area contributed by atoms with Crippen LogP contribution >= 0.6 is 0 Å². The second-order valence-electron chi connectivity index (χ2n) is 5.77. The molecule has 1 atom stereocenters. The van der Waals surface area contributed by atoms with Crippen molar-refractivity contribution in [2.45, 2.75) is 52.0 Å². The average molecular weight is 232 g/mol. The third-order valence-corrected chi connectivity index (χ3v) is 4.35. The Hall–Kier alpha value is -0.860. The lowest BCUT2D eigenvalue weighted by Crippen LogP contribution is -2.47. The highest BCUT2D eigenvalue weighted by Crippen LogP contribution is 2.41. The number of nitrogens with two attached hydrogens (primary N) is 1. The molecule has 0 amide bonds. The fourth-order valence-corrected chi connectivity index (χ4v) is 3.00. The Bertz CT molecular complexity index is 350. The van der Waals surface area contributed by atoms with Crippen molar-refractivity contribution in [2.75, 3.05) is 0 Å². The average Bonchev–Trinajstić information content (AvgIpc) is 2.76. The SMILES string of the molecule is Cc1ccc(CC(NN)C2(C)CCCC2)cc1. The summed E-state index contributed by atoms with van der Waals surface area (Å²) in [4.78, 5) is 0. The van der Waals surface area contributed by atoms with E-state index in [2.05, 4.69) is 43.5 Å². The van der Waals surface area contributed by atoms with Gasteiger partial charge in [-0.1, -0.05) is 49.6 Å².